The zero-order chi connectivity index (χ0) is 13.1. The largest absolute Gasteiger partial charge is 0.312 e. The van der Waals surface area contributed by atoms with Gasteiger partial charge in [-0.25, -0.2) is 0 Å². The molecule has 1 rings (SSSR count). The van der Waals surface area contributed by atoms with E-state index in [-0.39, 0.29) is 5.54 Å². The van der Waals surface area contributed by atoms with E-state index >= 15 is 0 Å². The maximum atomic E-state index is 3.61. The van der Waals surface area contributed by atoms with Gasteiger partial charge in [-0.1, -0.05) is 33.6 Å². The highest BCUT2D eigenvalue weighted by molar-refractivity contribution is 4.81. The molecule has 0 aromatic heterocycles. The molecule has 1 nitrogen and oxygen atoms in total. The van der Waals surface area contributed by atoms with Crippen molar-refractivity contribution in [2.75, 3.05) is 6.54 Å². The highest BCUT2D eigenvalue weighted by atomic mass is 14.9. The summed E-state index contributed by atoms with van der Waals surface area (Å²) in [4.78, 5) is 0. The average molecular weight is 239 g/mol. The molecule has 0 aromatic rings. The smallest absolute Gasteiger partial charge is 0.00965 e. The lowest BCUT2D eigenvalue weighted by Gasteiger charge is -2.37. The van der Waals surface area contributed by atoms with E-state index in [4.69, 9.17) is 0 Å². The van der Waals surface area contributed by atoms with Crippen LogP contribution in [0.1, 0.15) is 73.6 Å². The maximum Gasteiger partial charge on any atom is 0.00965 e. The molecule has 0 aliphatic heterocycles. The molecule has 1 aliphatic carbocycles. The van der Waals surface area contributed by atoms with Crippen LogP contribution in [0.15, 0.2) is 0 Å². The summed E-state index contributed by atoms with van der Waals surface area (Å²) in [5.41, 5.74) is 0.803. The van der Waals surface area contributed by atoms with E-state index in [1.165, 1.54) is 38.6 Å². The lowest BCUT2D eigenvalue weighted by molar-refractivity contribution is 0.145. The fourth-order valence-corrected chi connectivity index (χ4v) is 2.97. The van der Waals surface area contributed by atoms with Gasteiger partial charge in [-0.15, -0.1) is 0 Å². The van der Waals surface area contributed by atoms with Crippen molar-refractivity contribution in [3.8, 4) is 0 Å². The van der Waals surface area contributed by atoms with Crippen molar-refractivity contribution in [2.45, 2.75) is 79.2 Å². The van der Waals surface area contributed by atoms with Gasteiger partial charge in [0.2, 0.25) is 0 Å². The number of rotatable bonds is 3. The average Bonchev–Trinajstić information content (AvgIpc) is 2.15. The molecule has 1 N–H and O–H groups in total. The highest BCUT2D eigenvalue weighted by Crippen LogP contribution is 2.40. The van der Waals surface area contributed by atoms with Gasteiger partial charge in [0.05, 0.1) is 0 Å². The van der Waals surface area contributed by atoms with E-state index in [1.807, 2.05) is 0 Å². The zero-order valence-electron chi connectivity index (χ0n) is 12.9. The Morgan fingerprint density at radius 2 is 1.41 bits per heavy atom. The molecule has 0 spiro atoms. The Morgan fingerprint density at radius 3 is 1.82 bits per heavy atom. The summed E-state index contributed by atoms with van der Waals surface area (Å²) < 4.78 is 0. The van der Waals surface area contributed by atoms with Crippen molar-refractivity contribution in [1.29, 1.82) is 0 Å². The normalized spacial score (nSPS) is 27.2. The van der Waals surface area contributed by atoms with Crippen LogP contribution in [0.2, 0.25) is 0 Å². The third-order valence-electron chi connectivity index (χ3n) is 4.28. The van der Waals surface area contributed by atoms with Crippen molar-refractivity contribution < 1.29 is 0 Å². The molecule has 17 heavy (non-hydrogen) atoms. The molecule has 0 atom stereocenters. The summed E-state index contributed by atoms with van der Waals surface area (Å²) in [6.07, 6.45) is 7.17. The fourth-order valence-electron chi connectivity index (χ4n) is 2.97. The van der Waals surface area contributed by atoms with Gasteiger partial charge < -0.3 is 5.32 Å². The molecule has 102 valence electrons. The Bertz CT molecular complexity index is 208. The minimum absolute atomic E-state index is 0.280. The Kier molecular flexibility index (Phi) is 5.07. The molecule has 0 saturated heterocycles. The monoisotopic (exact) mass is 239 g/mol. The van der Waals surface area contributed by atoms with E-state index in [0.29, 0.717) is 5.41 Å². The predicted molar refractivity (Wildman–Crippen MR) is 77.3 cm³/mol. The quantitative estimate of drug-likeness (QED) is 0.758. The van der Waals surface area contributed by atoms with Gasteiger partial charge in [0.15, 0.2) is 0 Å². The van der Waals surface area contributed by atoms with Crippen LogP contribution >= 0.6 is 0 Å². The Labute approximate surface area is 109 Å². The molecule has 0 aromatic carbocycles. The predicted octanol–water partition coefficient (Wildman–Crippen LogP) is 4.62. The van der Waals surface area contributed by atoms with Gasteiger partial charge in [-0.3, -0.25) is 0 Å². The van der Waals surface area contributed by atoms with Crippen LogP contribution < -0.4 is 5.32 Å². The SMILES string of the molecule is CC(C)(C)NCCC1CCC(C(C)(C)C)CC1. The Morgan fingerprint density at radius 1 is 0.882 bits per heavy atom. The van der Waals surface area contributed by atoms with Crippen molar-refractivity contribution >= 4 is 0 Å². The molecule has 1 aliphatic rings. The summed E-state index contributed by atoms with van der Waals surface area (Å²) >= 11 is 0. The van der Waals surface area contributed by atoms with Gasteiger partial charge in [0.1, 0.15) is 0 Å². The maximum absolute atomic E-state index is 3.61. The summed E-state index contributed by atoms with van der Waals surface area (Å²) in [5, 5.41) is 3.61. The van der Waals surface area contributed by atoms with Crippen LogP contribution in [0.5, 0.6) is 0 Å². The standard InChI is InChI=1S/C16H33N/c1-15(2,3)14-9-7-13(8-10-14)11-12-17-16(4,5)6/h13-14,17H,7-12H2,1-6H3. The van der Waals surface area contributed by atoms with Crippen LogP contribution in [0.4, 0.5) is 0 Å². The van der Waals surface area contributed by atoms with Crippen molar-refractivity contribution in [3.05, 3.63) is 0 Å². The topological polar surface area (TPSA) is 12.0 Å². The third-order valence-corrected chi connectivity index (χ3v) is 4.28. The van der Waals surface area contributed by atoms with Gasteiger partial charge in [0, 0.05) is 5.54 Å². The second-order valence-electron chi connectivity index (χ2n) is 8.05. The van der Waals surface area contributed by atoms with Gasteiger partial charge >= 0.3 is 0 Å². The lowest BCUT2D eigenvalue weighted by Crippen LogP contribution is -2.37. The van der Waals surface area contributed by atoms with E-state index in [0.717, 1.165) is 11.8 Å². The minimum atomic E-state index is 0.280. The summed E-state index contributed by atoms with van der Waals surface area (Å²) in [7, 11) is 0. The molecule has 1 heteroatoms. The molecule has 1 saturated carbocycles. The lowest BCUT2D eigenvalue weighted by atomic mass is 9.69. The van der Waals surface area contributed by atoms with Crippen LogP contribution in [-0.2, 0) is 0 Å². The fraction of sp³-hybridized carbons (Fsp3) is 1.00. The van der Waals surface area contributed by atoms with E-state index in [2.05, 4.69) is 46.9 Å². The van der Waals surface area contributed by atoms with Gasteiger partial charge in [-0.05, 0) is 63.8 Å². The third kappa shape index (κ3) is 5.90. The van der Waals surface area contributed by atoms with Gasteiger partial charge in [-0.2, -0.15) is 0 Å². The number of hydrogen-bond acceptors (Lipinski definition) is 1. The highest BCUT2D eigenvalue weighted by Gasteiger charge is 2.29. The minimum Gasteiger partial charge on any atom is -0.312 e. The van der Waals surface area contributed by atoms with Crippen LogP contribution in [-0.4, -0.2) is 12.1 Å². The molecule has 0 radical (unpaired) electrons. The first kappa shape index (κ1) is 15.0. The molecule has 0 heterocycles. The summed E-state index contributed by atoms with van der Waals surface area (Å²) in [6.45, 7) is 15.2. The van der Waals surface area contributed by atoms with Gasteiger partial charge in [0.25, 0.3) is 0 Å². The zero-order valence-corrected chi connectivity index (χ0v) is 12.9. The first-order chi connectivity index (χ1) is 7.68. The van der Waals surface area contributed by atoms with Crippen molar-refractivity contribution in [3.63, 3.8) is 0 Å². The van der Waals surface area contributed by atoms with Crippen molar-refractivity contribution in [2.24, 2.45) is 17.3 Å². The van der Waals surface area contributed by atoms with Crippen molar-refractivity contribution in [1.82, 2.24) is 5.32 Å². The molecular weight excluding hydrogens is 206 g/mol. The first-order valence-corrected chi connectivity index (χ1v) is 7.43. The molecule has 0 unspecified atom stereocenters. The second-order valence-corrected chi connectivity index (χ2v) is 8.05. The summed E-state index contributed by atoms with van der Waals surface area (Å²) in [5.74, 6) is 1.93. The number of hydrogen-bond donors (Lipinski definition) is 1. The second kappa shape index (κ2) is 5.73. The van der Waals surface area contributed by atoms with Crippen LogP contribution in [0.3, 0.4) is 0 Å². The van der Waals surface area contributed by atoms with E-state index in [9.17, 15) is 0 Å². The molecule has 1 fully saturated rings. The summed E-state index contributed by atoms with van der Waals surface area (Å²) in [6, 6.07) is 0. The molecular formula is C16H33N. The molecule has 0 amide bonds. The first-order valence-electron chi connectivity index (χ1n) is 7.43. The Hall–Kier alpha value is -0.0400. The van der Waals surface area contributed by atoms with Crippen LogP contribution in [0.25, 0.3) is 0 Å². The number of nitrogens with one attached hydrogen (secondary N) is 1. The van der Waals surface area contributed by atoms with E-state index < -0.39 is 0 Å². The van der Waals surface area contributed by atoms with E-state index in [1.54, 1.807) is 0 Å². The van der Waals surface area contributed by atoms with Crippen LogP contribution in [0, 0.1) is 17.3 Å². The molecule has 0 bridgehead atoms. The Balaban J connectivity index is 2.20.